The summed E-state index contributed by atoms with van der Waals surface area (Å²) in [6, 6.07) is 19.6. The number of hydrogen-bond donors (Lipinski definition) is 1. The van der Waals surface area contributed by atoms with E-state index >= 15 is 0 Å². The van der Waals surface area contributed by atoms with Crippen molar-refractivity contribution >= 4 is 17.2 Å². The zero-order valence-electron chi connectivity index (χ0n) is 9.18. The molecule has 17 heavy (non-hydrogen) atoms. The first kappa shape index (κ1) is 9.85. The largest absolute Gasteiger partial charge is 0.321 e. The molecule has 1 N–H and O–H groups in total. The van der Waals surface area contributed by atoms with Gasteiger partial charge in [0.25, 0.3) is 5.91 Å². The molecule has 1 aliphatic rings. The molecule has 2 nitrogen and oxygen atoms in total. The summed E-state index contributed by atoms with van der Waals surface area (Å²) in [6.45, 7) is 0. The van der Waals surface area contributed by atoms with E-state index in [1.165, 1.54) is 0 Å². The predicted molar refractivity (Wildman–Crippen MR) is 67.8 cm³/mol. The van der Waals surface area contributed by atoms with Crippen molar-refractivity contribution < 1.29 is 4.79 Å². The summed E-state index contributed by atoms with van der Waals surface area (Å²) < 4.78 is 0. The summed E-state index contributed by atoms with van der Waals surface area (Å²) in [5.41, 5.74) is 3.71. The first-order valence-corrected chi connectivity index (χ1v) is 5.53. The van der Waals surface area contributed by atoms with Gasteiger partial charge in [-0.25, -0.2) is 0 Å². The minimum atomic E-state index is -0.00458. The van der Waals surface area contributed by atoms with Gasteiger partial charge in [-0.2, -0.15) is 0 Å². The first-order valence-electron chi connectivity index (χ1n) is 5.53. The highest BCUT2D eigenvalue weighted by molar-refractivity contribution is 6.36. The Hall–Kier alpha value is -2.35. The van der Waals surface area contributed by atoms with Crippen molar-refractivity contribution in [3.8, 4) is 0 Å². The fourth-order valence-corrected chi connectivity index (χ4v) is 1.99. The number of benzene rings is 2. The summed E-state index contributed by atoms with van der Waals surface area (Å²) in [5, 5.41) is 2.85. The average Bonchev–Trinajstić information content (AvgIpc) is 2.38. The van der Waals surface area contributed by atoms with Gasteiger partial charge in [0, 0.05) is 0 Å². The van der Waals surface area contributed by atoms with Gasteiger partial charge in [-0.15, -0.1) is 0 Å². The van der Waals surface area contributed by atoms with Gasteiger partial charge < -0.3 is 5.32 Å². The Morgan fingerprint density at radius 2 is 1.24 bits per heavy atom. The number of nitrogens with one attached hydrogen (secondary N) is 1. The molecule has 2 heteroatoms. The van der Waals surface area contributed by atoms with Crippen molar-refractivity contribution in [1.29, 1.82) is 0 Å². The molecule has 1 amide bonds. The summed E-state index contributed by atoms with van der Waals surface area (Å²) in [5.74, 6) is -0.00458. The molecule has 0 fully saturated rings. The number of carbonyl (C=O) groups excluding carboxylic acids is 1. The van der Waals surface area contributed by atoms with Gasteiger partial charge in [0.15, 0.2) is 0 Å². The molecule has 82 valence electrons. The monoisotopic (exact) mass is 221 g/mol. The standard InChI is InChI=1S/C15H11NO/c17-15-13(11-7-3-1-4-8-11)14(16-15)12-9-5-2-6-10-12/h1-10H,(H,16,17). The second-order valence-electron chi connectivity index (χ2n) is 3.94. The quantitative estimate of drug-likeness (QED) is 0.830. The van der Waals surface area contributed by atoms with Crippen LogP contribution in [-0.2, 0) is 4.79 Å². The van der Waals surface area contributed by atoms with Crippen molar-refractivity contribution in [2.75, 3.05) is 0 Å². The highest BCUT2D eigenvalue weighted by Gasteiger charge is 2.28. The van der Waals surface area contributed by atoms with Crippen molar-refractivity contribution in [2.24, 2.45) is 0 Å². The van der Waals surface area contributed by atoms with Crippen LogP contribution in [0.25, 0.3) is 11.3 Å². The Bertz CT molecular complexity index is 585. The molecule has 2 aromatic rings. The fourth-order valence-electron chi connectivity index (χ4n) is 1.99. The topological polar surface area (TPSA) is 29.1 Å². The third kappa shape index (κ3) is 1.64. The van der Waals surface area contributed by atoms with E-state index in [4.69, 9.17) is 0 Å². The van der Waals surface area contributed by atoms with Crippen LogP contribution in [0.4, 0.5) is 0 Å². The van der Waals surface area contributed by atoms with Crippen LogP contribution in [0.15, 0.2) is 60.7 Å². The maximum atomic E-state index is 11.6. The normalized spacial score (nSPS) is 14.2. The second-order valence-corrected chi connectivity index (χ2v) is 3.94. The fraction of sp³-hybridized carbons (Fsp3) is 0. The SMILES string of the molecule is O=C1NC(c2ccccc2)=C1c1ccccc1. The predicted octanol–water partition coefficient (Wildman–Crippen LogP) is 2.68. The van der Waals surface area contributed by atoms with Crippen LogP contribution in [-0.4, -0.2) is 5.91 Å². The summed E-state index contributed by atoms with van der Waals surface area (Å²) in [7, 11) is 0. The summed E-state index contributed by atoms with van der Waals surface area (Å²) >= 11 is 0. The van der Waals surface area contributed by atoms with Gasteiger partial charge in [-0.3, -0.25) is 4.79 Å². The number of rotatable bonds is 2. The van der Waals surface area contributed by atoms with E-state index in [-0.39, 0.29) is 5.91 Å². The summed E-state index contributed by atoms with van der Waals surface area (Å²) in [6.07, 6.45) is 0. The van der Waals surface area contributed by atoms with Crippen molar-refractivity contribution in [2.45, 2.75) is 0 Å². The number of amides is 1. The molecule has 0 radical (unpaired) electrons. The lowest BCUT2D eigenvalue weighted by molar-refractivity contribution is -0.115. The molecule has 0 aliphatic carbocycles. The van der Waals surface area contributed by atoms with E-state index in [9.17, 15) is 4.79 Å². The average molecular weight is 221 g/mol. The van der Waals surface area contributed by atoms with Gasteiger partial charge in [-0.1, -0.05) is 60.7 Å². The molecule has 3 rings (SSSR count). The van der Waals surface area contributed by atoms with Crippen molar-refractivity contribution in [3.05, 3.63) is 71.8 Å². The molecule has 0 saturated carbocycles. The maximum absolute atomic E-state index is 11.6. The van der Waals surface area contributed by atoms with Crippen molar-refractivity contribution in [3.63, 3.8) is 0 Å². The number of hydrogen-bond acceptors (Lipinski definition) is 1. The minimum Gasteiger partial charge on any atom is -0.321 e. The summed E-state index contributed by atoms with van der Waals surface area (Å²) in [4.78, 5) is 11.6. The molecule has 0 spiro atoms. The van der Waals surface area contributed by atoms with Crippen LogP contribution in [0.5, 0.6) is 0 Å². The van der Waals surface area contributed by atoms with Crippen LogP contribution in [0.1, 0.15) is 11.1 Å². The molecule has 2 aromatic carbocycles. The van der Waals surface area contributed by atoms with Crippen LogP contribution < -0.4 is 5.32 Å². The first-order chi connectivity index (χ1) is 8.36. The molecule has 0 bridgehead atoms. The molecular formula is C15H11NO. The Morgan fingerprint density at radius 1 is 0.706 bits per heavy atom. The lowest BCUT2D eigenvalue weighted by Gasteiger charge is -2.24. The van der Waals surface area contributed by atoms with E-state index < -0.39 is 0 Å². The zero-order chi connectivity index (χ0) is 11.7. The highest BCUT2D eigenvalue weighted by Crippen LogP contribution is 2.31. The van der Waals surface area contributed by atoms with Gasteiger partial charge in [0.1, 0.15) is 0 Å². The number of carbonyl (C=O) groups is 1. The molecule has 0 atom stereocenters. The molecule has 0 saturated heterocycles. The molecule has 1 aliphatic heterocycles. The smallest absolute Gasteiger partial charge is 0.258 e. The molecule has 0 aromatic heterocycles. The third-order valence-electron chi connectivity index (χ3n) is 2.84. The van der Waals surface area contributed by atoms with Gasteiger partial charge in [0.2, 0.25) is 0 Å². The molecule has 1 heterocycles. The second kappa shape index (κ2) is 3.91. The maximum Gasteiger partial charge on any atom is 0.258 e. The van der Waals surface area contributed by atoms with E-state index in [1.54, 1.807) is 0 Å². The minimum absolute atomic E-state index is 0.00458. The lowest BCUT2D eigenvalue weighted by Crippen LogP contribution is -2.34. The highest BCUT2D eigenvalue weighted by atomic mass is 16.2. The van der Waals surface area contributed by atoms with Crippen LogP contribution in [0, 0.1) is 0 Å². The molecule has 0 unspecified atom stereocenters. The third-order valence-corrected chi connectivity index (χ3v) is 2.84. The van der Waals surface area contributed by atoms with Crippen LogP contribution in [0.3, 0.4) is 0 Å². The van der Waals surface area contributed by atoms with E-state index in [2.05, 4.69) is 5.32 Å². The van der Waals surface area contributed by atoms with Crippen molar-refractivity contribution in [1.82, 2.24) is 5.32 Å². The Labute approximate surface area is 99.6 Å². The molecular weight excluding hydrogens is 210 g/mol. The van der Waals surface area contributed by atoms with E-state index in [0.717, 1.165) is 22.4 Å². The zero-order valence-corrected chi connectivity index (χ0v) is 9.18. The van der Waals surface area contributed by atoms with Crippen LogP contribution >= 0.6 is 0 Å². The van der Waals surface area contributed by atoms with Gasteiger partial charge >= 0.3 is 0 Å². The van der Waals surface area contributed by atoms with Gasteiger partial charge in [0.05, 0.1) is 11.3 Å². The van der Waals surface area contributed by atoms with Crippen LogP contribution in [0.2, 0.25) is 0 Å². The Balaban J connectivity index is 2.11. The van der Waals surface area contributed by atoms with Gasteiger partial charge in [-0.05, 0) is 11.1 Å². The lowest BCUT2D eigenvalue weighted by atomic mass is 9.93. The Kier molecular flexibility index (Phi) is 2.26. The van der Waals surface area contributed by atoms with E-state index in [0.29, 0.717) is 0 Å². The Morgan fingerprint density at radius 3 is 1.76 bits per heavy atom. The van der Waals surface area contributed by atoms with E-state index in [1.807, 2.05) is 60.7 Å².